The van der Waals surface area contributed by atoms with Crippen molar-refractivity contribution in [1.29, 1.82) is 0 Å². The Morgan fingerprint density at radius 2 is 2.38 bits per heavy atom. The van der Waals surface area contributed by atoms with E-state index in [1.807, 2.05) is 17.7 Å². The second-order valence-electron chi connectivity index (χ2n) is 5.40. The van der Waals surface area contributed by atoms with E-state index in [9.17, 15) is 9.18 Å². The predicted octanol–water partition coefficient (Wildman–Crippen LogP) is 1.42. The fourth-order valence-corrected chi connectivity index (χ4v) is 2.55. The molecule has 0 saturated heterocycles. The van der Waals surface area contributed by atoms with Crippen molar-refractivity contribution in [3.8, 4) is 0 Å². The van der Waals surface area contributed by atoms with Gasteiger partial charge in [0.05, 0.1) is 0 Å². The van der Waals surface area contributed by atoms with Crippen LogP contribution in [0.4, 0.5) is 4.39 Å². The maximum atomic E-state index is 13.2. The van der Waals surface area contributed by atoms with Crippen LogP contribution in [-0.4, -0.2) is 27.2 Å². The number of nitrogens with zero attached hydrogens (tertiary/aromatic N) is 3. The molecule has 1 amide bonds. The van der Waals surface area contributed by atoms with Crippen molar-refractivity contribution in [3.05, 3.63) is 47.8 Å². The van der Waals surface area contributed by atoms with Crippen LogP contribution in [0.25, 0.3) is 0 Å². The third-order valence-corrected chi connectivity index (χ3v) is 3.86. The monoisotopic (exact) mass is 288 g/mol. The van der Waals surface area contributed by atoms with Gasteiger partial charge in [-0.3, -0.25) is 4.79 Å². The number of hydrogen-bond acceptors (Lipinski definition) is 3. The van der Waals surface area contributed by atoms with Crippen LogP contribution < -0.4 is 5.32 Å². The fraction of sp³-hybridized carbons (Fsp3) is 0.400. The van der Waals surface area contributed by atoms with Gasteiger partial charge in [-0.2, -0.15) is 0 Å². The number of aryl methyl sites for hydroxylation is 1. The smallest absolute Gasteiger partial charge is 0.223 e. The SMILES string of the molecule is Cn1cnnc1CCNC(=O)[C@@H]1C[C@H]1c1cccc(F)c1. The number of rotatable bonds is 5. The highest BCUT2D eigenvalue weighted by Crippen LogP contribution is 2.47. The summed E-state index contributed by atoms with van der Waals surface area (Å²) in [6, 6.07) is 6.49. The summed E-state index contributed by atoms with van der Waals surface area (Å²) in [6.45, 7) is 0.539. The third-order valence-electron chi connectivity index (χ3n) is 3.86. The summed E-state index contributed by atoms with van der Waals surface area (Å²) in [6.07, 6.45) is 3.08. The Labute approximate surface area is 122 Å². The van der Waals surface area contributed by atoms with Gasteiger partial charge in [0.15, 0.2) is 0 Å². The molecule has 0 radical (unpaired) electrons. The largest absolute Gasteiger partial charge is 0.355 e. The predicted molar refractivity (Wildman–Crippen MR) is 75.0 cm³/mol. The Hall–Kier alpha value is -2.24. The van der Waals surface area contributed by atoms with Gasteiger partial charge in [-0.05, 0) is 30.0 Å². The lowest BCUT2D eigenvalue weighted by atomic mass is 10.1. The van der Waals surface area contributed by atoms with Gasteiger partial charge in [0, 0.05) is 25.9 Å². The molecule has 6 heteroatoms. The molecular weight excluding hydrogens is 271 g/mol. The zero-order valence-electron chi connectivity index (χ0n) is 11.8. The molecule has 1 saturated carbocycles. The van der Waals surface area contributed by atoms with Crippen molar-refractivity contribution in [2.45, 2.75) is 18.8 Å². The number of carbonyl (C=O) groups is 1. The molecule has 1 N–H and O–H groups in total. The average molecular weight is 288 g/mol. The molecule has 1 fully saturated rings. The summed E-state index contributed by atoms with van der Waals surface area (Å²) < 4.78 is 15.0. The molecule has 21 heavy (non-hydrogen) atoms. The molecule has 0 bridgehead atoms. The van der Waals surface area contributed by atoms with Crippen LogP contribution in [0.1, 0.15) is 23.7 Å². The molecule has 1 aromatic carbocycles. The minimum atomic E-state index is -0.249. The van der Waals surface area contributed by atoms with Crippen molar-refractivity contribution < 1.29 is 9.18 Å². The highest BCUT2D eigenvalue weighted by molar-refractivity contribution is 5.82. The van der Waals surface area contributed by atoms with E-state index in [1.165, 1.54) is 12.1 Å². The molecular formula is C15H17FN4O. The Morgan fingerprint density at radius 3 is 3.10 bits per heavy atom. The van der Waals surface area contributed by atoms with Crippen LogP contribution in [0.2, 0.25) is 0 Å². The topological polar surface area (TPSA) is 59.8 Å². The molecule has 0 spiro atoms. The van der Waals surface area contributed by atoms with Crippen molar-refractivity contribution in [1.82, 2.24) is 20.1 Å². The number of carbonyl (C=O) groups excluding carboxylic acids is 1. The highest BCUT2D eigenvalue weighted by Gasteiger charge is 2.43. The highest BCUT2D eigenvalue weighted by atomic mass is 19.1. The van der Waals surface area contributed by atoms with E-state index < -0.39 is 0 Å². The molecule has 110 valence electrons. The Kier molecular flexibility index (Phi) is 3.68. The van der Waals surface area contributed by atoms with E-state index in [1.54, 1.807) is 12.4 Å². The Balaban J connectivity index is 1.48. The van der Waals surface area contributed by atoms with Gasteiger partial charge in [0.25, 0.3) is 0 Å². The van der Waals surface area contributed by atoms with E-state index in [4.69, 9.17) is 0 Å². The number of hydrogen-bond donors (Lipinski definition) is 1. The maximum absolute atomic E-state index is 13.2. The molecule has 2 atom stereocenters. The van der Waals surface area contributed by atoms with Crippen LogP contribution >= 0.6 is 0 Å². The molecule has 1 heterocycles. The number of amides is 1. The lowest BCUT2D eigenvalue weighted by Gasteiger charge is -2.05. The van der Waals surface area contributed by atoms with Crippen LogP contribution in [-0.2, 0) is 18.3 Å². The van der Waals surface area contributed by atoms with E-state index in [2.05, 4.69) is 15.5 Å². The normalized spacial score (nSPS) is 20.3. The van der Waals surface area contributed by atoms with Crippen molar-refractivity contribution in [2.24, 2.45) is 13.0 Å². The van der Waals surface area contributed by atoms with E-state index in [0.29, 0.717) is 13.0 Å². The number of halogens is 1. The molecule has 1 aromatic heterocycles. The van der Waals surface area contributed by atoms with Crippen LogP contribution in [0.15, 0.2) is 30.6 Å². The molecule has 5 nitrogen and oxygen atoms in total. The summed E-state index contributed by atoms with van der Waals surface area (Å²) in [5.41, 5.74) is 0.906. The van der Waals surface area contributed by atoms with Gasteiger partial charge in [0.2, 0.25) is 5.91 Å². The lowest BCUT2D eigenvalue weighted by Crippen LogP contribution is -2.28. The Bertz CT molecular complexity index is 655. The zero-order chi connectivity index (χ0) is 14.8. The van der Waals surface area contributed by atoms with Crippen molar-refractivity contribution in [2.75, 3.05) is 6.54 Å². The number of benzene rings is 1. The summed E-state index contributed by atoms with van der Waals surface area (Å²) in [5, 5.41) is 10.7. The minimum absolute atomic E-state index is 0.0337. The molecule has 2 aromatic rings. The van der Waals surface area contributed by atoms with Gasteiger partial charge in [-0.15, -0.1) is 10.2 Å². The van der Waals surface area contributed by atoms with Gasteiger partial charge in [-0.25, -0.2) is 4.39 Å². The molecule has 3 rings (SSSR count). The molecule has 0 unspecified atom stereocenters. The standard InChI is InChI=1S/C15H17FN4O/c1-20-9-18-19-14(20)5-6-17-15(21)13-8-12(13)10-3-2-4-11(16)7-10/h2-4,7,9,12-13H,5-6,8H2,1H3,(H,17,21)/t12-,13+/m0/s1. The second-order valence-corrected chi connectivity index (χ2v) is 5.40. The van der Waals surface area contributed by atoms with E-state index in [0.717, 1.165) is 17.8 Å². The van der Waals surface area contributed by atoms with Gasteiger partial charge < -0.3 is 9.88 Å². The van der Waals surface area contributed by atoms with Gasteiger partial charge >= 0.3 is 0 Å². The summed E-state index contributed by atoms with van der Waals surface area (Å²) in [7, 11) is 1.87. The lowest BCUT2D eigenvalue weighted by molar-refractivity contribution is -0.122. The molecule has 1 aliphatic carbocycles. The molecule has 0 aliphatic heterocycles. The van der Waals surface area contributed by atoms with Crippen LogP contribution in [0.3, 0.4) is 0 Å². The summed E-state index contributed by atoms with van der Waals surface area (Å²) >= 11 is 0. The quantitative estimate of drug-likeness (QED) is 0.905. The third kappa shape index (κ3) is 3.09. The summed E-state index contributed by atoms with van der Waals surface area (Å²) in [5.74, 6) is 0.738. The fourth-order valence-electron chi connectivity index (χ4n) is 2.55. The maximum Gasteiger partial charge on any atom is 0.223 e. The first kappa shape index (κ1) is 13.7. The molecule has 1 aliphatic rings. The minimum Gasteiger partial charge on any atom is -0.355 e. The zero-order valence-corrected chi connectivity index (χ0v) is 11.8. The first-order valence-corrected chi connectivity index (χ1v) is 7.01. The first-order chi connectivity index (χ1) is 10.1. The van der Waals surface area contributed by atoms with Gasteiger partial charge in [-0.1, -0.05) is 12.1 Å². The van der Waals surface area contributed by atoms with Gasteiger partial charge in [0.1, 0.15) is 18.0 Å². The average Bonchev–Trinajstić information content (AvgIpc) is 3.17. The van der Waals surface area contributed by atoms with Crippen LogP contribution in [0.5, 0.6) is 0 Å². The second kappa shape index (κ2) is 5.63. The Morgan fingerprint density at radius 1 is 1.52 bits per heavy atom. The van der Waals surface area contributed by atoms with E-state index in [-0.39, 0.29) is 23.6 Å². The van der Waals surface area contributed by atoms with Crippen LogP contribution in [0, 0.1) is 11.7 Å². The number of nitrogens with one attached hydrogen (secondary N) is 1. The first-order valence-electron chi connectivity index (χ1n) is 7.01. The number of aromatic nitrogens is 3. The van der Waals surface area contributed by atoms with Crippen molar-refractivity contribution in [3.63, 3.8) is 0 Å². The van der Waals surface area contributed by atoms with E-state index >= 15 is 0 Å². The van der Waals surface area contributed by atoms with Crippen molar-refractivity contribution >= 4 is 5.91 Å². The summed E-state index contributed by atoms with van der Waals surface area (Å²) in [4.78, 5) is 12.0.